The maximum absolute atomic E-state index is 12.7. The van der Waals surface area contributed by atoms with E-state index in [9.17, 15) is 4.79 Å². The third-order valence-corrected chi connectivity index (χ3v) is 5.13. The maximum atomic E-state index is 12.7. The quantitative estimate of drug-likeness (QED) is 0.547. The second-order valence-electron chi connectivity index (χ2n) is 7.10. The van der Waals surface area contributed by atoms with Crippen molar-refractivity contribution in [1.82, 2.24) is 14.8 Å². The van der Waals surface area contributed by atoms with Gasteiger partial charge in [-0.05, 0) is 43.3 Å². The molecule has 2 aromatic heterocycles. The average molecular weight is 389 g/mol. The Labute approximate surface area is 166 Å². The highest BCUT2D eigenvalue weighted by atomic mass is 16.7. The molecule has 3 heterocycles. The lowest BCUT2D eigenvalue weighted by molar-refractivity contribution is -0.686. The summed E-state index contributed by atoms with van der Waals surface area (Å²) in [7, 11) is 0. The van der Waals surface area contributed by atoms with E-state index in [-0.39, 0.29) is 12.4 Å². The van der Waals surface area contributed by atoms with E-state index >= 15 is 0 Å². The number of pyridine rings is 1. The van der Waals surface area contributed by atoms with E-state index in [4.69, 9.17) is 9.47 Å². The number of aromatic nitrogens is 3. The van der Waals surface area contributed by atoms with Crippen LogP contribution in [0, 0.1) is 6.92 Å². The number of rotatable bonds is 5. The van der Waals surface area contributed by atoms with E-state index in [0.717, 1.165) is 51.6 Å². The van der Waals surface area contributed by atoms with Crippen LogP contribution in [0.15, 0.2) is 59.4 Å². The number of aromatic amines is 1. The maximum Gasteiger partial charge on any atom is 0.258 e. The lowest BCUT2D eigenvalue weighted by Gasteiger charge is -2.05. The Bertz CT molecular complexity index is 1240. The summed E-state index contributed by atoms with van der Waals surface area (Å²) in [6.45, 7) is 3.56. The van der Waals surface area contributed by atoms with Crippen molar-refractivity contribution in [3.05, 3.63) is 81.8 Å². The van der Waals surface area contributed by atoms with Gasteiger partial charge in [-0.25, -0.2) is 4.68 Å². The molecule has 5 rings (SSSR count). The van der Waals surface area contributed by atoms with Gasteiger partial charge in [0, 0.05) is 10.9 Å². The summed E-state index contributed by atoms with van der Waals surface area (Å²) in [5, 5.41) is 7.67. The van der Waals surface area contributed by atoms with Gasteiger partial charge in [-0.15, -0.1) is 0 Å². The van der Waals surface area contributed by atoms with E-state index in [2.05, 4.69) is 15.4 Å². The summed E-state index contributed by atoms with van der Waals surface area (Å²) in [5.41, 5.74) is 4.30. The molecule has 0 fully saturated rings. The minimum atomic E-state index is -0.0866. The van der Waals surface area contributed by atoms with Crippen LogP contribution in [0.1, 0.15) is 16.8 Å². The molecule has 7 nitrogen and oxygen atoms in total. The Morgan fingerprint density at radius 1 is 1.07 bits per heavy atom. The molecule has 146 valence electrons. The van der Waals surface area contributed by atoms with Crippen LogP contribution in [0.5, 0.6) is 11.5 Å². The van der Waals surface area contributed by atoms with Crippen molar-refractivity contribution in [2.24, 2.45) is 0 Å². The van der Waals surface area contributed by atoms with Gasteiger partial charge in [0.2, 0.25) is 6.79 Å². The number of fused-ring (bicyclic) bond motifs is 2. The first kappa shape index (κ1) is 17.5. The fourth-order valence-corrected chi connectivity index (χ4v) is 3.63. The van der Waals surface area contributed by atoms with Gasteiger partial charge < -0.3 is 19.8 Å². The van der Waals surface area contributed by atoms with Gasteiger partial charge in [-0.3, -0.25) is 4.79 Å². The molecule has 0 bridgehead atoms. The highest BCUT2D eigenvalue weighted by Gasteiger charge is 2.15. The molecular weight excluding hydrogens is 368 g/mol. The zero-order chi connectivity index (χ0) is 19.8. The normalized spacial score (nSPS) is 12.6. The van der Waals surface area contributed by atoms with E-state index in [0.29, 0.717) is 6.54 Å². The topological polar surface area (TPSA) is 85.8 Å². The standard InChI is InChI=1S/C22H20N4O3/c1-14-18-10-16(12-23-11-15-7-8-19-20(9-15)29-13-28-19)22(27)24-21(18)26(25-14)17-5-3-2-4-6-17/h2-10,23H,11-13H2,1H3,(H,24,27)/p+1. The SMILES string of the molecule is Cc1nn(-c2ccccc2)c2[nH]c(=O)c(C[NH2+]Cc3ccc4c(c3)OCO4)cc12. The Hall–Kier alpha value is -3.58. The second-order valence-corrected chi connectivity index (χ2v) is 7.10. The molecule has 4 aromatic rings. The number of benzene rings is 2. The van der Waals surface area contributed by atoms with Gasteiger partial charge in [-0.2, -0.15) is 5.10 Å². The molecule has 7 heteroatoms. The van der Waals surface area contributed by atoms with Crippen LogP contribution in [0.4, 0.5) is 0 Å². The van der Waals surface area contributed by atoms with E-state index in [1.165, 1.54) is 0 Å². The molecule has 29 heavy (non-hydrogen) atoms. The van der Waals surface area contributed by atoms with Gasteiger partial charge in [0.05, 0.1) is 16.9 Å². The number of para-hydroxylation sites is 1. The monoisotopic (exact) mass is 389 g/mol. The number of nitrogens with zero attached hydrogens (tertiary/aromatic N) is 2. The number of quaternary nitrogens is 1. The van der Waals surface area contributed by atoms with E-state index in [1.807, 2.05) is 61.5 Å². The summed E-state index contributed by atoms with van der Waals surface area (Å²) >= 11 is 0. The van der Waals surface area contributed by atoms with Crippen molar-refractivity contribution in [2.75, 3.05) is 6.79 Å². The van der Waals surface area contributed by atoms with Crippen LogP contribution in [0.25, 0.3) is 16.7 Å². The van der Waals surface area contributed by atoms with E-state index < -0.39 is 0 Å². The number of nitrogens with two attached hydrogens (primary N) is 1. The second kappa shape index (κ2) is 7.10. The molecular formula is C22H21N4O3+. The highest BCUT2D eigenvalue weighted by molar-refractivity contribution is 5.80. The van der Waals surface area contributed by atoms with Crippen LogP contribution < -0.4 is 20.3 Å². The Balaban J connectivity index is 1.37. The number of nitrogens with one attached hydrogen (secondary N) is 1. The Morgan fingerprint density at radius 3 is 2.76 bits per heavy atom. The van der Waals surface area contributed by atoms with Gasteiger partial charge >= 0.3 is 0 Å². The number of hydrogen-bond acceptors (Lipinski definition) is 4. The zero-order valence-electron chi connectivity index (χ0n) is 16.0. The third-order valence-electron chi connectivity index (χ3n) is 5.13. The number of hydrogen-bond donors (Lipinski definition) is 2. The molecule has 0 amide bonds. The molecule has 3 N–H and O–H groups in total. The Kier molecular flexibility index (Phi) is 4.29. The summed E-state index contributed by atoms with van der Waals surface area (Å²) in [5.74, 6) is 1.56. The molecule has 0 saturated carbocycles. The number of H-pyrrole nitrogens is 1. The summed E-state index contributed by atoms with van der Waals surface area (Å²) in [4.78, 5) is 15.7. The van der Waals surface area contributed by atoms with E-state index in [1.54, 1.807) is 4.68 Å². The first-order chi connectivity index (χ1) is 14.2. The van der Waals surface area contributed by atoms with Crippen LogP contribution in [-0.2, 0) is 13.1 Å². The van der Waals surface area contributed by atoms with Crippen molar-refractivity contribution in [1.29, 1.82) is 0 Å². The third kappa shape index (κ3) is 3.25. The largest absolute Gasteiger partial charge is 0.454 e. The first-order valence-corrected chi connectivity index (χ1v) is 9.56. The predicted molar refractivity (Wildman–Crippen MR) is 108 cm³/mol. The Morgan fingerprint density at radius 2 is 1.90 bits per heavy atom. The molecule has 0 saturated heterocycles. The van der Waals surface area contributed by atoms with Crippen molar-refractivity contribution >= 4 is 11.0 Å². The molecule has 2 aromatic carbocycles. The smallest absolute Gasteiger partial charge is 0.258 e. The molecule has 1 aliphatic rings. The lowest BCUT2D eigenvalue weighted by Crippen LogP contribution is -2.81. The fraction of sp³-hybridized carbons (Fsp3) is 0.182. The molecule has 0 atom stereocenters. The lowest BCUT2D eigenvalue weighted by atomic mass is 10.1. The van der Waals surface area contributed by atoms with Crippen LogP contribution in [0.2, 0.25) is 0 Å². The van der Waals surface area contributed by atoms with Gasteiger partial charge in [0.25, 0.3) is 5.56 Å². The minimum Gasteiger partial charge on any atom is -0.454 e. The van der Waals surface area contributed by atoms with Gasteiger partial charge in [-0.1, -0.05) is 18.2 Å². The predicted octanol–water partition coefficient (Wildman–Crippen LogP) is 2.01. The first-order valence-electron chi connectivity index (χ1n) is 9.56. The zero-order valence-corrected chi connectivity index (χ0v) is 16.0. The molecule has 0 aliphatic carbocycles. The molecule has 1 aliphatic heterocycles. The van der Waals surface area contributed by atoms with Crippen molar-refractivity contribution in [2.45, 2.75) is 20.0 Å². The molecule has 0 radical (unpaired) electrons. The summed E-state index contributed by atoms with van der Waals surface area (Å²) < 4.78 is 12.5. The summed E-state index contributed by atoms with van der Waals surface area (Å²) in [6.07, 6.45) is 0. The van der Waals surface area contributed by atoms with Gasteiger partial charge in [0.1, 0.15) is 18.7 Å². The van der Waals surface area contributed by atoms with Crippen molar-refractivity contribution in [3.63, 3.8) is 0 Å². The van der Waals surface area contributed by atoms with Gasteiger partial charge in [0.15, 0.2) is 11.5 Å². The number of ether oxygens (including phenoxy) is 2. The summed E-state index contributed by atoms with van der Waals surface area (Å²) in [6, 6.07) is 17.7. The molecule has 0 spiro atoms. The van der Waals surface area contributed by atoms with Crippen LogP contribution >= 0.6 is 0 Å². The van der Waals surface area contributed by atoms with Crippen molar-refractivity contribution < 1.29 is 14.8 Å². The highest BCUT2D eigenvalue weighted by Crippen LogP contribution is 2.32. The van der Waals surface area contributed by atoms with Crippen LogP contribution in [0.3, 0.4) is 0 Å². The number of aryl methyl sites for hydroxylation is 1. The average Bonchev–Trinajstić information content (AvgIpc) is 3.33. The molecule has 0 unspecified atom stereocenters. The van der Waals surface area contributed by atoms with Crippen molar-refractivity contribution in [3.8, 4) is 17.2 Å². The van der Waals surface area contributed by atoms with Crippen LogP contribution in [-0.4, -0.2) is 21.6 Å². The fourth-order valence-electron chi connectivity index (χ4n) is 3.63. The minimum absolute atomic E-state index is 0.0866.